The van der Waals surface area contributed by atoms with Crippen molar-refractivity contribution in [2.45, 2.75) is 23.8 Å². The summed E-state index contributed by atoms with van der Waals surface area (Å²) in [5, 5.41) is 10.7. The van der Waals surface area contributed by atoms with Gasteiger partial charge in [-0.05, 0) is 40.9 Å². The summed E-state index contributed by atoms with van der Waals surface area (Å²) >= 11 is 3.21. The molecule has 23 heavy (non-hydrogen) atoms. The third-order valence-electron chi connectivity index (χ3n) is 3.29. The number of hydrogen-bond acceptors (Lipinski definition) is 6. The summed E-state index contributed by atoms with van der Waals surface area (Å²) in [5.41, 5.74) is -0.165. The fraction of sp³-hybridized carbons (Fsp3) is 0.231. The Balaban J connectivity index is 2.01. The molecule has 0 N–H and O–H groups in total. The molecule has 0 bridgehead atoms. The van der Waals surface area contributed by atoms with Gasteiger partial charge < -0.3 is 0 Å². The second kappa shape index (κ2) is 5.85. The van der Waals surface area contributed by atoms with E-state index in [0.29, 0.717) is 4.47 Å². The lowest BCUT2D eigenvalue weighted by Gasteiger charge is -2.21. The second-order valence-corrected chi connectivity index (χ2v) is 7.71. The van der Waals surface area contributed by atoms with Gasteiger partial charge in [-0.1, -0.05) is 0 Å². The van der Waals surface area contributed by atoms with Crippen LogP contribution in [0.1, 0.15) is 12.8 Å². The molecule has 0 saturated heterocycles. The van der Waals surface area contributed by atoms with E-state index in [1.807, 2.05) is 0 Å². The molecule has 0 amide bonds. The first-order valence-electron chi connectivity index (χ1n) is 6.66. The number of aromatic nitrogens is 2. The van der Waals surface area contributed by atoms with Crippen LogP contribution in [0.3, 0.4) is 0 Å². The van der Waals surface area contributed by atoms with Gasteiger partial charge in [0.25, 0.3) is 15.7 Å². The zero-order valence-electron chi connectivity index (χ0n) is 11.7. The van der Waals surface area contributed by atoms with Gasteiger partial charge in [0, 0.05) is 30.6 Å². The zero-order chi connectivity index (χ0) is 16.6. The molecule has 0 aliphatic heterocycles. The Morgan fingerprint density at radius 3 is 2.22 bits per heavy atom. The fourth-order valence-corrected chi connectivity index (χ4v) is 3.87. The lowest BCUT2D eigenvalue weighted by atomic mass is 10.3. The maximum atomic E-state index is 12.8. The van der Waals surface area contributed by atoms with E-state index in [1.165, 1.54) is 41.0 Å². The average Bonchev–Trinajstić information content (AvgIpc) is 3.34. The quantitative estimate of drug-likeness (QED) is 0.565. The third-order valence-corrected chi connectivity index (χ3v) is 5.54. The molecule has 1 heterocycles. The summed E-state index contributed by atoms with van der Waals surface area (Å²) in [6, 6.07) is 4.60. The normalized spacial score (nSPS) is 14.5. The molecular weight excluding hydrogens is 388 g/mol. The maximum absolute atomic E-state index is 12.8. The minimum absolute atomic E-state index is 0.0264. The van der Waals surface area contributed by atoms with E-state index in [9.17, 15) is 18.5 Å². The van der Waals surface area contributed by atoms with Gasteiger partial charge in [0.2, 0.25) is 5.95 Å². The Morgan fingerprint density at radius 2 is 1.74 bits per heavy atom. The Labute approximate surface area is 140 Å². The molecule has 1 saturated carbocycles. The summed E-state index contributed by atoms with van der Waals surface area (Å²) in [4.78, 5) is 18.2. The van der Waals surface area contributed by atoms with Crippen LogP contribution in [0.5, 0.6) is 0 Å². The molecule has 120 valence electrons. The van der Waals surface area contributed by atoms with Crippen molar-refractivity contribution in [3.63, 3.8) is 0 Å². The van der Waals surface area contributed by atoms with Crippen molar-refractivity contribution in [2.75, 3.05) is 4.31 Å². The van der Waals surface area contributed by atoms with Gasteiger partial charge in [0.05, 0.1) is 14.3 Å². The first-order valence-corrected chi connectivity index (χ1v) is 8.89. The molecule has 1 aliphatic rings. The van der Waals surface area contributed by atoms with Crippen LogP contribution in [-0.4, -0.2) is 29.4 Å². The minimum Gasteiger partial charge on any atom is -0.258 e. The number of nitro groups is 1. The van der Waals surface area contributed by atoms with E-state index >= 15 is 0 Å². The molecule has 3 rings (SSSR count). The van der Waals surface area contributed by atoms with Crippen molar-refractivity contribution in [1.29, 1.82) is 0 Å². The van der Waals surface area contributed by atoms with Gasteiger partial charge in [0.15, 0.2) is 0 Å². The van der Waals surface area contributed by atoms with Gasteiger partial charge in [-0.2, -0.15) is 0 Å². The number of hydrogen-bond donors (Lipinski definition) is 0. The largest absolute Gasteiger partial charge is 0.269 e. The van der Waals surface area contributed by atoms with Crippen LogP contribution >= 0.6 is 15.9 Å². The van der Waals surface area contributed by atoms with Crippen molar-refractivity contribution in [3.8, 4) is 0 Å². The van der Waals surface area contributed by atoms with E-state index in [2.05, 4.69) is 25.9 Å². The van der Waals surface area contributed by atoms with Crippen molar-refractivity contribution in [3.05, 3.63) is 51.2 Å². The Bertz CT molecular complexity index is 835. The van der Waals surface area contributed by atoms with Crippen LogP contribution in [0, 0.1) is 10.1 Å². The van der Waals surface area contributed by atoms with Gasteiger partial charge in [-0.3, -0.25) is 10.1 Å². The van der Waals surface area contributed by atoms with Crippen LogP contribution in [0.15, 0.2) is 46.0 Å². The van der Waals surface area contributed by atoms with E-state index < -0.39 is 14.9 Å². The Kier molecular flexibility index (Phi) is 4.02. The lowest BCUT2D eigenvalue weighted by molar-refractivity contribution is -0.384. The first-order chi connectivity index (χ1) is 10.9. The van der Waals surface area contributed by atoms with Crippen LogP contribution in [0.25, 0.3) is 0 Å². The van der Waals surface area contributed by atoms with Crippen molar-refractivity contribution in [1.82, 2.24) is 9.97 Å². The second-order valence-electron chi connectivity index (χ2n) is 4.98. The topological polar surface area (TPSA) is 106 Å². The van der Waals surface area contributed by atoms with Gasteiger partial charge in [-0.25, -0.2) is 22.7 Å². The molecule has 1 fully saturated rings. The number of halogens is 1. The van der Waals surface area contributed by atoms with Gasteiger partial charge in [-0.15, -0.1) is 0 Å². The molecule has 0 atom stereocenters. The Hall–Kier alpha value is -2.07. The monoisotopic (exact) mass is 398 g/mol. The summed E-state index contributed by atoms with van der Waals surface area (Å²) in [6.45, 7) is 0. The maximum Gasteiger partial charge on any atom is 0.269 e. The van der Waals surface area contributed by atoms with Crippen molar-refractivity contribution >= 4 is 37.6 Å². The van der Waals surface area contributed by atoms with Crippen LogP contribution in [0.2, 0.25) is 0 Å². The summed E-state index contributed by atoms with van der Waals surface area (Å²) in [7, 11) is -3.88. The molecule has 10 heteroatoms. The van der Waals surface area contributed by atoms with E-state index in [1.54, 1.807) is 0 Å². The number of nitro benzene ring substituents is 1. The molecule has 0 radical (unpaired) electrons. The van der Waals surface area contributed by atoms with Crippen molar-refractivity contribution in [2.24, 2.45) is 0 Å². The molecule has 1 aromatic carbocycles. The molecule has 0 spiro atoms. The smallest absolute Gasteiger partial charge is 0.258 e. The highest BCUT2D eigenvalue weighted by molar-refractivity contribution is 9.10. The first kappa shape index (κ1) is 15.8. The highest BCUT2D eigenvalue weighted by atomic mass is 79.9. The van der Waals surface area contributed by atoms with Crippen LogP contribution in [-0.2, 0) is 10.0 Å². The summed E-state index contributed by atoms with van der Waals surface area (Å²) in [5.74, 6) is 0.0917. The van der Waals surface area contributed by atoms with E-state index in [-0.39, 0.29) is 22.6 Å². The molecule has 2 aromatic rings. The van der Waals surface area contributed by atoms with Crippen LogP contribution in [0.4, 0.5) is 11.6 Å². The molecule has 1 aromatic heterocycles. The van der Waals surface area contributed by atoms with Crippen molar-refractivity contribution < 1.29 is 13.3 Å². The average molecular weight is 399 g/mol. The predicted molar refractivity (Wildman–Crippen MR) is 85.5 cm³/mol. The standard InChI is InChI=1S/C13H11BrN4O4S/c14-9-7-15-13(16-8-9)17(10-1-2-10)23(21,22)12-5-3-11(4-6-12)18(19)20/h3-8,10H,1-2H2. The number of benzene rings is 1. The fourth-order valence-electron chi connectivity index (χ4n) is 2.05. The number of non-ortho nitro benzene ring substituents is 1. The van der Waals surface area contributed by atoms with E-state index in [0.717, 1.165) is 12.8 Å². The number of rotatable bonds is 5. The van der Waals surface area contributed by atoms with E-state index in [4.69, 9.17) is 0 Å². The highest BCUT2D eigenvalue weighted by Gasteiger charge is 2.40. The number of sulfonamides is 1. The summed E-state index contributed by atoms with van der Waals surface area (Å²) < 4.78 is 27.5. The molecule has 1 aliphatic carbocycles. The predicted octanol–water partition coefficient (Wildman–Crippen LogP) is 2.51. The molecular formula is C13H11BrN4O4S. The van der Waals surface area contributed by atoms with Gasteiger partial charge >= 0.3 is 0 Å². The molecule has 8 nitrogen and oxygen atoms in total. The van der Waals surface area contributed by atoms with Crippen LogP contribution < -0.4 is 4.31 Å². The summed E-state index contributed by atoms with van der Waals surface area (Å²) in [6.07, 6.45) is 4.41. The number of nitrogens with zero attached hydrogens (tertiary/aromatic N) is 4. The van der Waals surface area contributed by atoms with Gasteiger partial charge in [0.1, 0.15) is 0 Å². The zero-order valence-corrected chi connectivity index (χ0v) is 14.1. The highest BCUT2D eigenvalue weighted by Crippen LogP contribution is 2.35. The molecule has 0 unspecified atom stereocenters. The lowest BCUT2D eigenvalue weighted by Crippen LogP contribution is -2.34. The third kappa shape index (κ3) is 3.17. The SMILES string of the molecule is O=[N+]([O-])c1ccc(S(=O)(=O)N(c2ncc(Br)cn2)C2CC2)cc1. The number of anilines is 1. The minimum atomic E-state index is -3.88. The Morgan fingerprint density at radius 1 is 1.17 bits per heavy atom.